The molecule has 24 heavy (non-hydrogen) atoms. The number of phenolic OH excluding ortho intramolecular Hbond substituents is 1. The van der Waals surface area contributed by atoms with Crippen LogP contribution in [0.3, 0.4) is 0 Å². The molecule has 2 aromatic carbocycles. The third kappa shape index (κ3) is 3.21. The number of rotatable bonds is 3. The third-order valence-corrected chi connectivity index (χ3v) is 4.48. The van der Waals surface area contributed by atoms with Gasteiger partial charge in [0.25, 0.3) is 0 Å². The summed E-state index contributed by atoms with van der Waals surface area (Å²) in [6.07, 6.45) is 0. The van der Waals surface area contributed by atoms with Crippen molar-refractivity contribution >= 4 is 33.4 Å². The van der Waals surface area contributed by atoms with E-state index >= 15 is 0 Å². The number of aromatic nitrogens is 2. The molecule has 0 spiro atoms. The summed E-state index contributed by atoms with van der Waals surface area (Å²) in [5.74, 6) is -0.0750. The zero-order valence-electron chi connectivity index (χ0n) is 11.6. The van der Waals surface area contributed by atoms with Crippen molar-refractivity contribution in [3.8, 4) is 28.7 Å². The van der Waals surface area contributed by atoms with Gasteiger partial charge in [0, 0.05) is 11.1 Å². The minimum absolute atomic E-state index is 0.0229. The molecule has 124 valence electrons. The molecular formula is C14H7Cl2FN2O4S. The van der Waals surface area contributed by atoms with Gasteiger partial charge in [-0.05, 0) is 36.4 Å². The molecule has 0 fully saturated rings. The Morgan fingerprint density at radius 3 is 1.96 bits per heavy atom. The SMILES string of the molecule is O=S(=O)(F)c1ccc(-c2nnc(-c3cc(Cl)c(O)c(Cl)c3)o2)cc1. The Bertz CT molecular complexity index is 997. The number of hydrogen-bond acceptors (Lipinski definition) is 6. The predicted octanol–water partition coefficient (Wildman–Crippen LogP) is 4.07. The van der Waals surface area contributed by atoms with E-state index in [1.807, 2.05) is 0 Å². The Labute approximate surface area is 145 Å². The maximum atomic E-state index is 12.9. The highest BCUT2D eigenvalue weighted by atomic mass is 35.5. The van der Waals surface area contributed by atoms with E-state index in [2.05, 4.69) is 10.2 Å². The molecule has 0 saturated heterocycles. The molecule has 0 aliphatic rings. The average molecular weight is 389 g/mol. The molecule has 1 N–H and O–H groups in total. The summed E-state index contributed by atoms with van der Waals surface area (Å²) in [5.41, 5.74) is 0.793. The standard InChI is InChI=1S/C14H7Cl2FN2O4S/c15-10-5-8(6-11(16)12(10)20)14-19-18-13(23-14)7-1-3-9(4-2-7)24(17,21)22/h1-6,20H. The van der Waals surface area contributed by atoms with Crippen molar-refractivity contribution < 1.29 is 21.8 Å². The van der Waals surface area contributed by atoms with Crippen LogP contribution in [0.4, 0.5) is 3.89 Å². The molecule has 0 atom stereocenters. The van der Waals surface area contributed by atoms with Gasteiger partial charge in [-0.25, -0.2) is 0 Å². The third-order valence-electron chi connectivity index (χ3n) is 3.07. The molecule has 3 rings (SSSR count). The summed E-state index contributed by atoms with van der Waals surface area (Å²) in [7, 11) is -4.77. The first-order valence-corrected chi connectivity index (χ1v) is 8.46. The van der Waals surface area contributed by atoms with Crippen LogP contribution < -0.4 is 0 Å². The van der Waals surface area contributed by atoms with Crippen LogP contribution in [0.1, 0.15) is 0 Å². The second-order valence-corrected chi connectivity index (χ2v) is 6.82. The van der Waals surface area contributed by atoms with E-state index in [9.17, 15) is 17.4 Å². The van der Waals surface area contributed by atoms with Gasteiger partial charge in [-0.3, -0.25) is 0 Å². The maximum absolute atomic E-state index is 12.9. The molecule has 0 aliphatic heterocycles. The molecule has 0 bridgehead atoms. The molecule has 0 amide bonds. The first-order chi connectivity index (χ1) is 11.3. The predicted molar refractivity (Wildman–Crippen MR) is 85.1 cm³/mol. The van der Waals surface area contributed by atoms with Crippen molar-refractivity contribution in [2.45, 2.75) is 4.90 Å². The van der Waals surface area contributed by atoms with Crippen LogP contribution in [0.25, 0.3) is 22.9 Å². The summed E-state index contributed by atoms with van der Waals surface area (Å²) >= 11 is 11.7. The molecule has 0 saturated carbocycles. The fraction of sp³-hybridized carbons (Fsp3) is 0. The van der Waals surface area contributed by atoms with Crippen molar-refractivity contribution in [1.82, 2.24) is 10.2 Å². The Morgan fingerprint density at radius 2 is 1.46 bits per heavy atom. The topological polar surface area (TPSA) is 93.3 Å². The van der Waals surface area contributed by atoms with E-state index in [1.165, 1.54) is 24.3 Å². The van der Waals surface area contributed by atoms with E-state index < -0.39 is 15.1 Å². The summed E-state index contributed by atoms with van der Waals surface area (Å²) < 4.78 is 39.9. The smallest absolute Gasteiger partial charge is 0.332 e. The summed E-state index contributed by atoms with van der Waals surface area (Å²) in [4.78, 5) is -0.469. The normalized spacial score (nSPS) is 11.6. The minimum Gasteiger partial charge on any atom is -0.505 e. The fourth-order valence-electron chi connectivity index (χ4n) is 1.91. The Morgan fingerprint density at radius 1 is 0.958 bits per heavy atom. The highest BCUT2D eigenvalue weighted by Crippen LogP contribution is 2.36. The monoisotopic (exact) mass is 388 g/mol. The van der Waals surface area contributed by atoms with E-state index in [0.717, 1.165) is 12.1 Å². The van der Waals surface area contributed by atoms with Crippen molar-refractivity contribution in [2.24, 2.45) is 0 Å². The van der Waals surface area contributed by atoms with Gasteiger partial charge in [0.15, 0.2) is 5.75 Å². The lowest BCUT2D eigenvalue weighted by molar-refractivity contribution is 0.476. The highest BCUT2D eigenvalue weighted by Gasteiger charge is 2.16. The number of phenols is 1. The molecule has 6 nitrogen and oxygen atoms in total. The molecule has 1 heterocycles. The van der Waals surface area contributed by atoms with E-state index in [-0.39, 0.29) is 27.6 Å². The Balaban J connectivity index is 1.96. The van der Waals surface area contributed by atoms with Gasteiger partial charge in [-0.2, -0.15) is 8.42 Å². The van der Waals surface area contributed by atoms with Crippen LogP contribution in [0.2, 0.25) is 10.0 Å². The largest absolute Gasteiger partial charge is 0.505 e. The number of nitrogens with zero attached hydrogens (tertiary/aromatic N) is 2. The maximum Gasteiger partial charge on any atom is 0.332 e. The molecule has 1 aromatic heterocycles. The Kier molecular flexibility index (Phi) is 4.20. The number of benzene rings is 2. The van der Waals surface area contributed by atoms with Gasteiger partial charge in [0.05, 0.1) is 14.9 Å². The lowest BCUT2D eigenvalue weighted by atomic mass is 10.2. The first-order valence-electron chi connectivity index (χ1n) is 6.32. The lowest BCUT2D eigenvalue weighted by Crippen LogP contribution is -1.91. The van der Waals surface area contributed by atoms with Gasteiger partial charge >= 0.3 is 10.2 Å². The summed E-state index contributed by atoms with van der Waals surface area (Å²) in [5, 5.41) is 17.3. The second kappa shape index (κ2) is 6.04. The van der Waals surface area contributed by atoms with Crippen LogP contribution in [-0.2, 0) is 10.2 Å². The Hall–Kier alpha value is -2.16. The zero-order valence-corrected chi connectivity index (χ0v) is 13.9. The van der Waals surface area contributed by atoms with E-state index in [0.29, 0.717) is 11.1 Å². The molecular weight excluding hydrogens is 382 g/mol. The van der Waals surface area contributed by atoms with Crippen LogP contribution in [-0.4, -0.2) is 23.7 Å². The molecule has 0 radical (unpaired) electrons. The zero-order chi connectivity index (χ0) is 17.5. The molecule has 0 unspecified atom stereocenters. The van der Waals surface area contributed by atoms with Crippen molar-refractivity contribution in [3.05, 3.63) is 46.4 Å². The average Bonchev–Trinajstić information content (AvgIpc) is 3.01. The van der Waals surface area contributed by atoms with Crippen LogP contribution in [0, 0.1) is 0 Å². The van der Waals surface area contributed by atoms with Crippen molar-refractivity contribution in [2.75, 3.05) is 0 Å². The van der Waals surface area contributed by atoms with Gasteiger partial charge in [-0.1, -0.05) is 23.2 Å². The van der Waals surface area contributed by atoms with Gasteiger partial charge < -0.3 is 9.52 Å². The van der Waals surface area contributed by atoms with Gasteiger partial charge in [0.1, 0.15) is 0 Å². The summed E-state index contributed by atoms with van der Waals surface area (Å²) in [6.45, 7) is 0. The summed E-state index contributed by atoms with van der Waals surface area (Å²) in [6, 6.07) is 7.64. The molecule has 0 aliphatic carbocycles. The van der Waals surface area contributed by atoms with Crippen molar-refractivity contribution in [1.29, 1.82) is 0 Å². The van der Waals surface area contributed by atoms with E-state index in [1.54, 1.807) is 0 Å². The number of aromatic hydroxyl groups is 1. The van der Waals surface area contributed by atoms with Gasteiger partial charge in [0.2, 0.25) is 11.8 Å². The molecule has 3 aromatic rings. The fourth-order valence-corrected chi connectivity index (χ4v) is 2.85. The first kappa shape index (κ1) is 16.7. The second-order valence-electron chi connectivity index (χ2n) is 4.66. The molecule has 10 heteroatoms. The number of hydrogen-bond donors (Lipinski definition) is 1. The highest BCUT2D eigenvalue weighted by molar-refractivity contribution is 7.86. The lowest BCUT2D eigenvalue weighted by Gasteiger charge is -2.01. The van der Waals surface area contributed by atoms with Crippen LogP contribution >= 0.6 is 23.2 Å². The number of halogens is 3. The van der Waals surface area contributed by atoms with Gasteiger partial charge in [-0.15, -0.1) is 14.1 Å². The van der Waals surface area contributed by atoms with Crippen LogP contribution in [0.15, 0.2) is 45.7 Å². The quantitative estimate of drug-likeness (QED) is 0.679. The van der Waals surface area contributed by atoms with E-state index in [4.69, 9.17) is 27.6 Å². The minimum atomic E-state index is -4.77. The van der Waals surface area contributed by atoms with Crippen molar-refractivity contribution in [3.63, 3.8) is 0 Å². The van der Waals surface area contributed by atoms with Crippen LogP contribution in [0.5, 0.6) is 5.75 Å².